The van der Waals surface area contributed by atoms with Gasteiger partial charge in [0.15, 0.2) is 0 Å². The second-order valence-electron chi connectivity index (χ2n) is 2.44. The van der Waals surface area contributed by atoms with E-state index in [2.05, 4.69) is 25.6 Å². The van der Waals surface area contributed by atoms with Crippen LogP contribution in [0.1, 0.15) is 16.7 Å². The number of thiophene rings is 1. The molecule has 0 nitrogen and oxygen atoms in total. The molecule has 0 saturated heterocycles. The minimum atomic E-state index is 1.10. The fourth-order valence-electron chi connectivity index (χ4n) is 0.890. The van der Waals surface area contributed by atoms with Gasteiger partial charge in [-0.3, -0.25) is 0 Å². The van der Waals surface area contributed by atoms with Crippen LogP contribution in [-0.2, 0) is 0 Å². The molecular formula is C10H12S. The fourth-order valence-corrected chi connectivity index (χ4v) is 1.71. The van der Waals surface area contributed by atoms with Crippen molar-refractivity contribution in [2.45, 2.75) is 13.8 Å². The van der Waals surface area contributed by atoms with Crippen molar-refractivity contribution in [3.63, 3.8) is 0 Å². The summed E-state index contributed by atoms with van der Waals surface area (Å²) in [5, 5.41) is 0. The summed E-state index contributed by atoms with van der Waals surface area (Å²) >= 11 is 1.78. The van der Waals surface area contributed by atoms with Gasteiger partial charge in [-0.15, -0.1) is 11.3 Å². The van der Waals surface area contributed by atoms with E-state index in [0.717, 1.165) is 5.57 Å². The van der Waals surface area contributed by atoms with Crippen LogP contribution >= 0.6 is 11.3 Å². The average molecular weight is 164 g/mol. The molecule has 0 saturated carbocycles. The first kappa shape index (κ1) is 8.28. The van der Waals surface area contributed by atoms with Gasteiger partial charge in [0.1, 0.15) is 0 Å². The van der Waals surface area contributed by atoms with E-state index in [-0.39, 0.29) is 0 Å². The highest BCUT2D eigenvalue weighted by atomic mass is 32.1. The Hall–Kier alpha value is -0.820. The maximum atomic E-state index is 3.95. The monoisotopic (exact) mass is 164 g/mol. The highest BCUT2D eigenvalue weighted by Gasteiger charge is 1.96. The van der Waals surface area contributed by atoms with Crippen LogP contribution < -0.4 is 0 Å². The van der Waals surface area contributed by atoms with Crippen LogP contribution in [0.15, 0.2) is 30.9 Å². The van der Waals surface area contributed by atoms with Gasteiger partial charge in [-0.1, -0.05) is 18.7 Å². The standard InChI is InChI=1S/C10H12S/c1-4-5-8(2)10-7-6-9(3)11-10/h4-7H,2H2,1,3H3/b5-4-. The molecule has 0 bridgehead atoms. The second-order valence-corrected chi connectivity index (χ2v) is 3.72. The van der Waals surface area contributed by atoms with Crippen molar-refractivity contribution in [2.24, 2.45) is 0 Å². The number of hydrogen-bond donors (Lipinski definition) is 0. The molecule has 1 heterocycles. The first-order chi connectivity index (χ1) is 5.24. The smallest absolute Gasteiger partial charge is 0.0339 e. The fraction of sp³-hybridized carbons (Fsp3) is 0.200. The summed E-state index contributed by atoms with van der Waals surface area (Å²) in [5.41, 5.74) is 1.10. The highest BCUT2D eigenvalue weighted by Crippen LogP contribution is 2.22. The molecule has 1 aromatic rings. The molecular weight excluding hydrogens is 152 g/mol. The van der Waals surface area contributed by atoms with Gasteiger partial charge in [-0.25, -0.2) is 0 Å². The van der Waals surface area contributed by atoms with Gasteiger partial charge in [-0.2, -0.15) is 0 Å². The van der Waals surface area contributed by atoms with E-state index in [4.69, 9.17) is 0 Å². The van der Waals surface area contributed by atoms with Gasteiger partial charge < -0.3 is 0 Å². The van der Waals surface area contributed by atoms with Crippen LogP contribution in [0.25, 0.3) is 5.57 Å². The molecule has 0 unspecified atom stereocenters. The Labute approximate surface area is 71.9 Å². The first-order valence-corrected chi connectivity index (χ1v) is 4.44. The van der Waals surface area contributed by atoms with E-state index in [1.165, 1.54) is 9.75 Å². The van der Waals surface area contributed by atoms with Crippen molar-refractivity contribution in [3.8, 4) is 0 Å². The summed E-state index contributed by atoms with van der Waals surface area (Å²) in [5.74, 6) is 0. The van der Waals surface area contributed by atoms with E-state index in [9.17, 15) is 0 Å². The van der Waals surface area contributed by atoms with Crippen molar-refractivity contribution in [1.82, 2.24) is 0 Å². The van der Waals surface area contributed by atoms with Crippen LogP contribution in [-0.4, -0.2) is 0 Å². The molecule has 0 fully saturated rings. The molecule has 0 aromatic carbocycles. The van der Waals surface area contributed by atoms with E-state index in [1.807, 2.05) is 19.1 Å². The zero-order chi connectivity index (χ0) is 8.27. The maximum Gasteiger partial charge on any atom is 0.0339 e. The quantitative estimate of drug-likeness (QED) is 0.585. The average Bonchev–Trinajstić information content (AvgIpc) is 2.36. The lowest BCUT2D eigenvalue weighted by atomic mass is 10.2. The first-order valence-electron chi connectivity index (χ1n) is 3.62. The van der Waals surface area contributed by atoms with E-state index >= 15 is 0 Å². The lowest BCUT2D eigenvalue weighted by Crippen LogP contribution is -1.67. The summed E-state index contributed by atoms with van der Waals surface area (Å²) in [6.45, 7) is 8.07. The Bertz CT molecular complexity index is 279. The summed E-state index contributed by atoms with van der Waals surface area (Å²) in [7, 11) is 0. The molecule has 0 amide bonds. The molecule has 0 atom stereocenters. The minimum Gasteiger partial charge on any atom is -0.141 e. The predicted octanol–water partition coefficient (Wildman–Crippen LogP) is 3.65. The van der Waals surface area contributed by atoms with Gasteiger partial charge in [0.05, 0.1) is 0 Å². The topological polar surface area (TPSA) is 0 Å². The van der Waals surface area contributed by atoms with Gasteiger partial charge in [0, 0.05) is 9.75 Å². The molecule has 0 radical (unpaired) electrons. The Morgan fingerprint density at radius 2 is 2.27 bits per heavy atom. The number of hydrogen-bond acceptors (Lipinski definition) is 1. The predicted molar refractivity (Wildman–Crippen MR) is 52.9 cm³/mol. The van der Waals surface area contributed by atoms with Crippen LogP contribution in [0.5, 0.6) is 0 Å². The molecule has 0 aliphatic rings. The van der Waals surface area contributed by atoms with Crippen molar-refractivity contribution >= 4 is 16.9 Å². The lowest BCUT2D eigenvalue weighted by molar-refractivity contribution is 1.64. The molecule has 0 N–H and O–H groups in total. The molecule has 58 valence electrons. The SMILES string of the molecule is C=C(/C=C\C)c1ccc(C)s1. The van der Waals surface area contributed by atoms with Crippen molar-refractivity contribution < 1.29 is 0 Å². The maximum absolute atomic E-state index is 3.95. The van der Waals surface area contributed by atoms with Gasteiger partial charge in [0.2, 0.25) is 0 Å². The number of allylic oxidation sites excluding steroid dienone is 3. The van der Waals surface area contributed by atoms with Gasteiger partial charge in [0.25, 0.3) is 0 Å². The molecule has 0 aliphatic heterocycles. The summed E-state index contributed by atoms with van der Waals surface area (Å²) in [6.07, 6.45) is 4.04. The molecule has 11 heavy (non-hydrogen) atoms. The molecule has 1 rings (SSSR count). The van der Waals surface area contributed by atoms with E-state index < -0.39 is 0 Å². The van der Waals surface area contributed by atoms with Crippen LogP contribution in [0, 0.1) is 6.92 Å². The Morgan fingerprint density at radius 1 is 1.55 bits per heavy atom. The molecule has 1 heteroatoms. The summed E-state index contributed by atoms with van der Waals surface area (Å²) in [4.78, 5) is 2.60. The lowest BCUT2D eigenvalue weighted by Gasteiger charge is -1.91. The van der Waals surface area contributed by atoms with Crippen molar-refractivity contribution in [3.05, 3.63) is 40.6 Å². The largest absolute Gasteiger partial charge is 0.141 e. The Morgan fingerprint density at radius 3 is 2.73 bits per heavy atom. The number of rotatable bonds is 2. The number of aryl methyl sites for hydroxylation is 1. The zero-order valence-electron chi connectivity index (χ0n) is 6.92. The summed E-state index contributed by atoms with van der Waals surface area (Å²) in [6, 6.07) is 4.23. The van der Waals surface area contributed by atoms with Gasteiger partial charge in [-0.05, 0) is 31.6 Å². The molecule has 0 spiro atoms. The Kier molecular flexibility index (Phi) is 2.66. The van der Waals surface area contributed by atoms with Crippen molar-refractivity contribution in [2.75, 3.05) is 0 Å². The van der Waals surface area contributed by atoms with Crippen molar-refractivity contribution in [1.29, 1.82) is 0 Å². The van der Waals surface area contributed by atoms with E-state index in [0.29, 0.717) is 0 Å². The van der Waals surface area contributed by atoms with Gasteiger partial charge >= 0.3 is 0 Å². The minimum absolute atomic E-state index is 1.10. The zero-order valence-corrected chi connectivity index (χ0v) is 7.74. The Balaban J connectivity index is 2.85. The third-order valence-electron chi connectivity index (χ3n) is 1.42. The normalized spacial score (nSPS) is 10.7. The highest BCUT2D eigenvalue weighted by molar-refractivity contribution is 7.13. The summed E-state index contributed by atoms with van der Waals surface area (Å²) < 4.78 is 0. The molecule has 1 aromatic heterocycles. The van der Waals surface area contributed by atoms with Crippen LogP contribution in [0.4, 0.5) is 0 Å². The van der Waals surface area contributed by atoms with Crippen LogP contribution in [0.2, 0.25) is 0 Å². The second kappa shape index (κ2) is 3.54. The third-order valence-corrected chi connectivity index (χ3v) is 2.50. The van der Waals surface area contributed by atoms with Crippen LogP contribution in [0.3, 0.4) is 0 Å². The van der Waals surface area contributed by atoms with E-state index in [1.54, 1.807) is 11.3 Å². The third kappa shape index (κ3) is 2.05. The molecule has 0 aliphatic carbocycles.